The number of nitriles is 1. The lowest BCUT2D eigenvalue weighted by atomic mass is 9.42. The number of fused-ring (bicyclic) bond motifs is 1. The zero-order chi connectivity index (χ0) is 15.7. The van der Waals surface area contributed by atoms with Gasteiger partial charge in [-0.3, -0.25) is 4.98 Å². The summed E-state index contributed by atoms with van der Waals surface area (Å²) in [7, 11) is 0. The molecule has 0 radical (unpaired) electrons. The largest absolute Gasteiger partial charge is 0.487 e. The normalized spacial score (nSPS) is 20.0. The molecule has 3 rings (SSSR count). The minimum absolute atomic E-state index is 0.0507. The van der Waals surface area contributed by atoms with Gasteiger partial charge in [-0.1, -0.05) is 33.0 Å². The van der Waals surface area contributed by atoms with Crippen molar-refractivity contribution in [2.24, 2.45) is 5.41 Å². The van der Waals surface area contributed by atoms with Crippen molar-refractivity contribution >= 4 is 6.71 Å². The van der Waals surface area contributed by atoms with E-state index in [4.69, 9.17) is 10.00 Å². The van der Waals surface area contributed by atoms with Crippen LogP contribution in [0.4, 0.5) is 4.39 Å². The van der Waals surface area contributed by atoms with E-state index in [2.05, 4.69) is 24.8 Å². The summed E-state index contributed by atoms with van der Waals surface area (Å²) in [5, 5.41) is 9.14. The van der Waals surface area contributed by atoms with Crippen LogP contribution in [0.1, 0.15) is 50.8 Å². The Labute approximate surface area is 132 Å². The Morgan fingerprint density at radius 3 is 2.82 bits per heavy atom. The molecule has 1 aliphatic carbocycles. The quantitative estimate of drug-likeness (QED) is 0.795. The van der Waals surface area contributed by atoms with Crippen LogP contribution < -0.4 is 4.74 Å². The Morgan fingerprint density at radius 1 is 1.45 bits per heavy atom. The highest BCUT2D eigenvalue weighted by atomic mass is 19.1. The van der Waals surface area contributed by atoms with Crippen molar-refractivity contribution in [2.75, 3.05) is 0 Å². The third-order valence-electron chi connectivity index (χ3n) is 5.64. The maximum Gasteiger partial charge on any atom is 0.272 e. The van der Waals surface area contributed by atoms with Crippen LogP contribution in [0.5, 0.6) is 5.75 Å². The van der Waals surface area contributed by atoms with Gasteiger partial charge in [0.05, 0.1) is 12.3 Å². The van der Waals surface area contributed by atoms with Gasteiger partial charge in [0.15, 0.2) is 11.6 Å². The molecule has 0 unspecified atom stereocenters. The van der Waals surface area contributed by atoms with Gasteiger partial charge >= 0.3 is 0 Å². The number of pyridine rings is 1. The molecule has 1 aromatic heterocycles. The van der Waals surface area contributed by atoms with Crippen molar-refractivity contribution in [2.45, 2.75) is 64.7 Å². The predicted molar refractivity (Wildman–Crippen MR) is 84.4 cm³/mol. The Balaban J connectivity index is 1.79. The van der Waals surface area contributed by atoms with Gasteiger partial charge < -0.3 is 4.74 Å². The summed E-state index contributed by atoms with van der Waals surface area (Å²) in [4.78, 5) is 4.20. The standard InChI is InChI=1S/C17H22BFN2O/c1-3-17(4-2)7-12(8-17)22-16-13-9-18(11-20)6-5-15(13)21-10-14(16)19/h10,12H,3-9H2,1-2H3. The molecule has 22 heavy (non-hydrogen) atoms. The number of hydrogen-bond acceptors (Lipinski definition) is 3. The Morgan fingerprint density at radius 2 is 2.18 bits per heavy atom. The fourth-order valence-electron chi connectivity index (χ4n) is 3.85. The molecule has 0 N–H and O–H groups in total. The first-order valence-electron chi connectivity index (χ1n) is 8.33. The Bertz CT molecular complexity index is 601. The molecular formula is C17H22BFN2O. The molecule has 0 bridgehead atoms. The maximum absolute atomic E-state index is 14.2. The molecule has 0 atom stereocenters. The molecule has 3 nitrogen and oxygen atoms in total. The summed E-state index contributed by atoms with van der Waals surface area (Å²) in [6, 6.07) is 0. The minimum atomic E-state index is -0.386. The van der Waals surface area contributed by atoms with Gasteiger partial charge in [0.2, 0.25) is 0 Å². The van der Waals surface area contributed by atoms with Crippen molar-refractivity contribution in [1.82, 2.24) is 4.98 Å². The van der Waals surface area contributed by atoms with E-state index in [1.807, 2.05) is 0 Å². The summed E-state index contributed by atoms with van der Waals surface area (Å²) in [5.74, 6) is 2.27. The molecular weight excluding hydrogens is 278 g/mol. The highest BCUT2D eigenvalue weighted by Crippen LogP contribution is 2.48. The number of aryl methyl sites for hydroxylation is 1. The summed E-state index contributed by atoms with van der Waals surface area (Å²) < 4.78 is 20.2. The van der Waals surface area contributed by atoms with E-state index in [0.717, 1.165) is 49.7 Å². The molecule has 1 aliphatic heterocycles. The van der Waals surface area contributed by atoms with E-state index in [1.165, 1.54) is 6.20 Å². The van der Waals surface area contributed by atoms with Gasteiger partial charge in [-0.15, -0.1) is 0 Å². The van der Waals surface area contributed by atoms with Crippen LogP contribution in [0.2, 0.25) is 6.32 Å². The van der Waals surface area contributed by atoms with Crippen LogP contribution in [-0.4, -0.2) is 17.8 Å². The maximum atomic E-state index is 14.2. The van der Waals surface area contributed by atoms with Crippen molar-refractivity contribution < 1.29 is 9.13 Å². The number of nitrogens with zero attached hydrogens (tertiary/aromatic N) is 2. The molecule has 0 saturated heterocycles. The second-order valence-corrected chi connectivity index (χ2v) is 6.78. The second kappa shape index (κ2) is 5.91. The smallest absolute Gasteiger partial charge is 0.272 e. The van der Waals surface area contributed by atoms with E-state index in [-0.39, 0.29) is 18.6 Å². The molecule has 0 spiro atoms. The molecule has 0 amide bonds. The van der Waals surface area contributed by atoms with E-state index in [9.17, 15) is 4.39 Å². The van der Waals surface area contributed by atoms with Crippen LogP contribution in [-0.2, 0) is 12.7 Å². The van der Waals surface area contributed by atoms with E-state index in [0.29, 0.717) is 17.5 Å². The third-order valence-corrected chi connectivity index (χ3v) is 5.64. The number of ether oxygens (including phenoxy) is 1. The van der Waals surface area contributed by atoms with Gasteiger partial charge in [0.25, 0.3) is 6.71 Å². The summed E-state index contributed by atoms with van der Waals surface area (Å²) in [6.45, 7) is 4.38. The monoisotopic (exact) mass is 300 g/mol. The highest BCUT2D eigenvalue weighted by molar-refractivity contribution is 6.66. The van der Waals surface area contributed by atoms with Gasteiger partial charge in [-0.05, 0) is 31.0 Å². The van der Waals surface area contributed by atoms with Crippen LogP contribution in [0.15, 0.2) is 6.20 Å². The van der Waals surface area contributed by atoms with E-state index < -0.39 is 0 Å². The van der Waals surface area contributed by atoms with Crippen LogP contribution in [0.3, 0.4) is 0 Å². The van der Waals surface area contributed by atoms with Crippen molar-refractivity contribution in [3.63, 3.8) is 0 Å². The third kappa shape index (κ3) is 2.60. The highest BCUT2D eigenvalue weighted by Gasteiger charge is 2.43. The summed E-state index contributed by atoms with van der Waals surface area (Å²) in [6.07, 6.45) is 7.77. The zero-order valence-electron chi connectivity index (χ0n) is 13.4. The van der Waals surface area contributed by atoms with Crippen molar-refractivity contribution in [3.05, 3.63) is 23.3 Å². The Kier molecular flexibility index (Phi) is 4.12. The van der Waals surface area contributed by atoms with Gasteiger partial charge in [-0.2, -0.15) is 0 Å². The first-order valence-corrected chi connectivity index (χ1v) is 8.33. The fourth-order valence-corrected chi connectivity index (χ4v) is 3.85. The van der Waals surface area contributed by atoms with Gasteiger partial charge in [0.1, 0.15) is 0 Å². The molecule has 116 valence electrons. The molecule has 1 aromatic rings. The van der Waals surface area contributed by atoms with Crippen LogP contribution in [0.25, 0.3) is 0 Å². The average Bonchev–Trinajstić information content (AvgIpc) is 2.52. The van der Waals surface area contributed by atoms with E-state index >= 15 is 0 Å². The number of aromatic nitrogens is 1. The zero-order valence-corrected chi connectivity index (χ0v) is 13.4. The van der Waals surface area contributed by atoms with Crippen molar-refractivity contribution in [3.8, 4) is 11.7 Å². The Hall–Kier alpha value is -1.57. The molecule has 2 heterocycles. The van der Waals surface area contributed by atoms with E-state index in [1.54, 1.807) is 0 Å². The molecule has 5 heteroatoms. The van der Waals surface area contributed by atoms with Crippen LogP contribution >= 0.6 is 0 Å². The average molecular weight is 300 g/mol. The lowest BCUT2D eigenvalue weighted by Gasteiger charge is -2.47. The first-order chi connectivity index (χ1) is 10.6. The SMILES string of the molecule is CCC1(CC)CC(Oc2c(F)cnc3c2CB(C#N)CC3)C1. The number of rotatable bonds is 4. The molecule has 1 saturated carbocycles. The first kappa shape index (κ1) is 15.3. The van der Waals surface area contributed by atoms with Gasteiger partial charge in [0, 0.05) is 17.2 Å². The van der Waals surface area contributed by atoms with Crippen LogP contribution in [0, 0.1) is 22.5 Å². The van der Waals surface area contributed by atoms with Gasteiger partial charge in [-0.25, -0.2) is 9.65 Å². The number of hydrogen-bond donors (Lipinski definition) is 0. The second-order valence-electron chi connectivity index (χ2n) is 6.78. The summed E-state index contributed by atoms with van der Waals surface area (Å²) in [5.41, 5.74) is 2.10. The molecule has 2 aliphatic rings. The lowest BCUT2D eigenvalue weighted by Crippen LogP contribution is -2.43. The fraction of sp³-hybridized carbons (Fsp3) is 0.647. The topological polar surface area (TPSA) is 45.9 Å². The lowest BCUT2D eigenvalue weighted by molar-refractivity contribution is -0.0229. The summed E-state index contributed by atoms with van der Waals surface area (Å²) >= 11 is 0. The molecule has 0 aromatic carbocycles. The predicted octanol–water partition coefficient (Wildman–Crippen LogP) is 3.76. The molecule has 1 fully saturated rings. The number of halogens is 1. The van der Waals surface area contributed by atoms with Crippen molar-refractivity contribution in [1.29, 1.82) is 5.26 Å². The minimum Gasteiger partial charge on any atom is -0.487 e.